The lowest BCUT2D eigenvalue weighted by Gasteiger charge is -2.43. The van der Waals surface area contributed by atoms with Gasteiger partial charge in [-0.1, -0.05) is 24.3 Å². The van der Waals surface area contributed by atoms with E-state index in [1.807, 2.05) is 98.1 Å². The van der Waals surface area contributed by atoms with Crippen LogP contribution in [0.3, 0.4) is 0 Å². The Bertz CT molecular complexity index is 2100. The lowest BCUT2D eigenvalue weighted by atomic mass is 9.72. The molecule has 5 aromatic rings. The molecule has 1 aliphatic carbocycles. The van der Waals surface area contributed by atoms with Gasteiger partial charge < -0.3 is 15.8 Å². The minimum absolute atomic E-state index is 0.151. The first kappa shape index (κ1) is 30.7. The Morgan fingerprint density at radius 1 is 0.957 bits per heavy atom. The monoisotopic (exact) mass is 651 g/mol. The molecule has 3 N–H and O–H groups in total. The first-order valence-electron chi connectivity index (χ1n) is 15.8. The number of alkyl carbamates (subject to hydrolysis) is 1. The predicted octanol–water partition coefficient (Wildman–Crippen LogP) is 6.18. The van der Waals surface area contributed by atoms with Crippen LogP contribution >= 0.6 is 0 Å². The van der Waals surface area contributed by atoms with Crippen LogP contribution in [-0.2, 0) is 20.3 Å². The van der Waals surface area contributed by atoms with E-state index in [4.69, 9.17) is 20.4 Å². The zero-order valence-electron chi connectivity index (χ0n) is 26.6. The van der Waals surface area contributed by atoms with Crippen molar-refractivity contribution in [2.45, 2.75) is 57.6 Å². The molecule has 3 aromatic heterocycles. The number of aromatic nitrogens is 4. The molecular formula is C35H37N7O4S. The number of hydrogen-bond acceptors (Lipinski definition) is 8. The second kappa shape index (κ2) is 11.4. The quantitative estimate of drug-likeness (QED) is 0.222. The van der Waals surface area contributed by atoms with E-state index < -0.39 is 27.3 Å². The summed E-state index contributed by atoms with van der Waals surface area (Å²) in [5.74, 6) is 1.08. The van der Waals surface area contributed by atoms with Crippen molar-refractivity contribution in [1.29, 1.82) is 0 Å². The van der Waals surface area contributed by atoms with Crippen molar-refractivity contribution in [2.24, 2.45) is 0 Å². The van der Waals surface area contributed by atoms with Gasteiger partial charge in [-0.15, -0.1) is 0 Å². The molecule has 11 nitrogen and oxygen atoms in total. The second-order valence-electron chi connectivity index (χ2n) is 13.1. The summed E-state index contributed by atoms with van der Waals surface area (Å²) in [6, 6.07) is 23.0. The van der Waals surface area contributed by atoms with Crippen molar-refractivity contribution in [1.82, 2.24) is 24.8 Å². The Labute approximate surface area is 273 Å². The summed E-state index contributed by atoms with van der Waals surface area (Å²) in [4.78, 5) is 27.1. The largest absolute Gasteiger partial charge is 0.444 e. The number of pyridine rings is 2. The highest BCUT2D eigenvalue weighted by atomic mass is 32.2. The van der Waals surface area contributed by atoms with Gasteiger partial charge in [-0.25, -0.2) is 28.2 Å². The second-order valence-corrected chi connectivity index (χ2v) is 15.2. The van der Waals surface area contributed by atoms with Crippen molar-refractivity contribution in [2.75, 3.05) is 22.3 Å². The van der Waals surface area contributed by atoms with Crippen LogP contribution in [0.5, 0.6) is 0 Å². The Hall–Kier alpha value is -4.97. The van der Waals surface area contributed by atoms with E-state index in [9.17, 15) is 13.2 Å². The number of ether oxygens (including phenoxy) is 1. The van der Waals surface area contributed by atoms with Crippen LogP contribution in [0, 0.1) is 0 Å². The van der Waals surface area contributed by atoms with Gasteiger partial charge >= 0.3 is 6.09 Å². The van der Waals surface area contributed by atoms with Crippen molar-refractivity contribution in [3.05, 3.63) is 84.6 Å². The number of fused-ring (bicyclic) bond motifs is 1. The van der Waals surface area contributed by atoms with E-state index in [1.165, 1.54) is 4.31 Å². The van der Waals surface area contributed by atoms with Gasteiger partial charge in [0.05, 0.1) is 28.2 Å². The molecule has 0 bridgehead atoms. The number of amides is 1. The smallest absolute Gasteiger partial charge is 0.408 e. The van der Waals surface area contributed by atoms with E-state index in [1.54, 1.807) is 6.20 Å². The zero-order chi connectivity index (χ0) is 33.0. The van der Waals surface area contributed by atoms with Crippen molar-refractivity contribution < 1.29 is 17.9 Å². The van der Waals surface area contributed by atoms with Crippen molar-refractivity contribution >= 4 is 38.8 Å². The standard InChI is InChI=1S/C35H37N7O4S/c1-34(2,3)46-33(43)40-35(17-6-18-35)24-11-13-25(14-12-24)42-31(27-10-5-19-37-30(27)36)39-29-16-15-28(38-32(29)42)23-8-4-9-26(22-23)41-20-7-21-47(41,44)45/h4-5,8-16,19,22H,6-7,17-18,20-21H2,1-3H3,(H2,36,37)(H,40,43). The molecule has 0 spiro atoms. The summed E-state index contributed by atoms with van der Waals surface area (Å²) in [7, 11) is -3.32. The van der Waals surface area contributed by atoms with Crippen molar-refractivity contribution in [3.8, 4) is 28.3 Å². The summed E-state index contributed by atoms with van der Waals surface area (Å²) in [5, 5.41) is 3.13. The number of nitrogens with zero attached hydrogens (tertiary/aromatic N) is 5. The maximum atomic E-state index is 12.7. The number of anilines is 2. The molecule has 1 saturated carbocycles. The number of sulfonamides is 1. The molecule has 47 heavy (non-hydrogen) atoms. The molecule has 2 aliphatic rings. The molecule has 2 aromatic carbocycles. The number of hydrogen-bond donors (Lipinski definition) is 2. The van der Waals surface area contributed by atoms with E-state index in [0.717, 1.165) is 36.1 Å². The molecule has 7 rings (SSSR count). The average molecular weight is 652 g/mol. The zero-order valence-corrected chi connectivity index (χ0v) is 27.4. The third-order valence-electron chi connectivity index (χ3n) is 8.74. The number of imidazole rings is 1. The molecule has 0 radical (unpaired) electrons. The fourth-order valence-corrected chi connectivity index (χ4v) is 7.90. The Morgan fingerprint density at radius 3 is 2.40 bits per heavy atom. The normalized spacial score (nSPS) is 17.0. The van der Waals surface area contributed by atoms with Gasteiger partial charge in [-0.05, 0) is 101 Å². The lowest BCUT2D eigenvalue weighted by Crippen LogP contribution is -2.52. The van der Waals surface area contributed by atoms with Gasteiger partial charge in [-0.3, -0.25) is 8.87 Å². The summed E-state index contributed by atoms with van der Waals surface area (Å²) in [6.45, 7) is 6.02. The van der Waals surface area contributed by atoms with Crippen LogP contribution in [0.4, 0.5) is 16.3 Å². The topological polar surface area (TPSA) is 145 Å². The SMILES string of the molecule is CC(C)(C)OC(=O)NC1(c2ccc(-n3c(-c4cccnc4N)nc4ccc(-c5cccc(N6CCCS6(=O)=O)c5)nc43)cc2)CCC1. The summed E-state index contributed by atoms with van der Waals surface area (Å²) < 4.78 is 34.2. The number of rotatable bonds is 6. The first-order valence-corrected chi connectivity index (χ1v) is 17.4. The molecular weight excluding hydrogens is 614 g/mol. The summed E-state index contributed by atoms with van der Waals surface area (Å²) >= 11 is 0. The molecule has 1 aliphatic heterocycles. The minimum Gasteiger partial charge on any atom is -0.444 e. The number of nitrogens with two attached hydrogens (primary N) is 1. The fourth-order valence-electron chi connectivity index (χ4n) is 6.34. The van der Waals surface area contributed by atoms with Gasteiger partial charge in [0.25, 0.3) is 0 Å². The molecule has 1 amide bonds. The average Bonchev–Trinajstić information content (AvgIpc) is 3.57. The van der Waals surface area contributed by atoms with Gasteiger partial charge in [0, 0.05) is 24.0 Å². The van der Waals surface area contributed by atoms with Gasteiger partial charge in [0.1, 0.15) is 16.9 Å². The fraction of sp³-hybridized carbons (Fsp3) is 0.314. The number of carbonyl (C=O) groups excluding carboxylic acids is 1. The number of benzene rings is 2. The summed E-state index contributed by atoms with van der Waals surface area (Å²) in [5.41, 5.74) is 11.1. The van der Waals surface area contributed by atoms with E-state index in [2.05, 4.69) is 10.3 Å². The van der Waals surface area contributed by atoms with Crippen LogP contribution in [0.25, 0.3) is 39.5 Å². The number of carbonyl (C=O) groups is 1. The molecule has 0 atom stereocenters. The van der Waals surface area contributed by atoms with E-state index in [-0.39, 0.29) is 5.75 Å². The third-order valence-corrected chi connectivity index (χ3v) is 10.6. The minimum atomic E-state index is -3.32. The Morgan fingerprint density at radius 2 is 1.74 bits per heavy atom. The van der Waals surface area contributed by atoms with Crippen LogP contribution in [-0.4, -0.2) is 51.9 Å². The molecule has 2 fully saturated rings. The van der Waals surface area contributed by atoms with E-state index >= 15 is 0 Å². The van der Waals surface area contributed by atoms with Gasteiger partial charge in [0.2, 0.25) is 10.0 Å². The van der Waals surface area contributed by atoms with Gasteiger partial charge in [-0.2, -0.15) is 0 Å². The molecule has 12 heteroatoms. The van der Waals surface area contributed by atoms with E-state index in [0.29, 0.717) is 52.7 Å². The molecule has 4 heterocycles. The first-order chi connectivity index (χ1) is 22.4. The highest BCUT2D eigenvalue weighted by Crippen LogP contribution is 2.42. The van der Waals surface area contributed by atoms with Gasteiger partial charge in [0.15, 0.2) is 11.5 Å². The Kier molecular flexibility index (Phi) is 7.42. The van der Waals surface area contributed by atoms with Crippen LogP contribution in [0.2, 0.25) is 0 Å². The molecule has 0 unspecified atom stereocenters. The van der Waals surface area contributed by atoms with Crippen LogP contribution < -0.4 is 15.4 Å². The third kappa shape index (κ3) is 5.78. The summed E-state index contributed by atoms with van der Waals surface area (Å²) in [6.07, 6.45) is 4.46. The highest BCUT2D eigenvalue weighted by Gasteiger charge is 2.41. The molecule has 1 saturated heterocycles. The lowest BCUT2D eigenvalue weighted by molar-refractivity contribution is 0.0377. The predicted molar refractivity (Wildman–Crippen MR) is 183 cm³/mol. The number of nitrogen functional groups attached to an aromatic ring is 1. The maximum absolute atomic E-state index is 12.7. The molecule has 242 valence electrons. The number of nitrogens with one attached hydrogen (secondary N) is 1. The van der Waals surface area contributed by atoms with Crippen molar-refractivity contribution in [3.63, 3.8) is 0 Å². The maximum Gasteiger partial charge on any atom is 0.408 e. The Balaban J connectivity index is 1.31. The highest BCUT2D eigenvalue weighted by molar-refractivity contribution is 7.93. The van der Waals surface area contributed by atoms with Crippen LogP contribution in [0.15, 0.2) is 79.0 Å². The van der Waals surface area contributed by atoms with Crippen LogP contribution in [0.1, 0.15) is 52.0 Å².